The zero-order valence-electron chi connectivity index (χ0n) is 15.4. The maximum absolute atomic E-state index is 12.2. The third-order valence-electron chi connectivity index (χ3n) is 3.92. The Morgan fingerprint density at radius 3 is 2.63 bits per heavy atom. The van der Waals surface area contributed by atoms with Gasteiger partial charge in [0.1, 0.15) is 6.33 Å². The summed E-state index contributed by atoms with van der Waals surface area (Å²) in [4.78, 5) is 16.2. The monoisotopic (exact) mass is 383 g/mol. The molecule has 0 atom stereocenters. The molecule has 1 N–H and O–H groups in total. The minimum atomic E-state index is -0.142. The minimum absolute atomic E-state index is 0.142. The minimum Gasteiger partial charge on any atom is -0.481 e. The van der Waals surface area contributed by atoms with Crippen molar-refractivity contribution in [2.75, 3.05) is 18.2 Å². The highest BCUT2D eigenvalue weighted by Gasteiger charge is 2.11. The van der Waals surface area contributed by atoms with E-state index in [-0.39, 0.29) is 11.7 Å². The Balaban J connectivity index is 1.61. The standard InChI is InChI=1S/C19H21N5O2S/c1-13(2)14-4-7-16(8-5-14)24-12-21-23-19(24)27-11-17(25)22-15-6-9-18(26-3)20-10-15/h4-10,12-13H,11H2,1-3H3,(H,22,25). The molecule has 140 valence electrons. The number of nitrogens with zero attached hydrogens (tertiary/aromatic N) is 4. The molecule has 0 aliphatic rings. The molecule has 0 bridgehead atoms. The maximum Gasteiger partial charge on any atom is 0.234 e. The van der Waals surface area contributed by atoms with E-state index in [9.17, 15) is 4.79 Å². The molecule has 8 heteroatoms. The largest absolute Gasteiger partial charge is 0.481 e. The molecule has 0 saturated carbocycles. The molecule has 3 rings (SSSR count). The van der Waals surface area contributed by atoms with Gasteiger partial charge in [0.25, 0.3) is 0 Å². The number of carbonyl (C=O) groups excluding carboxylic acids is 1. The van der Waals surface area contributed by atoms with Crippen molar-refractivity contribution < 1.29 is 9.53 Å². The van der Waals surface area contributed by atoms with E-state index >= 15 is 0 Å². The van der Waals surface area contributed by atoms with Crippen LogP contribution in [-0.4, -0.2) is 38.5 Å². The zero-order valence-corrected chi connectivity index (χ0v) is 16.2. The summed E-state index contributed by atoms with van der Waals surface area (Å²) in [7, 11) is 1.55. The fourth-order valence-corrected chi connectivity index (χ4v) is 3.15. The number of carbonyl (C=O) groups is 1. The van der Waals surface area contributed by atoms with Crippen LogP contribution in [0.1, 0.15) is 25.3 Å². The highest BCUT2D eigenvalue weighted by atomic mass is 32.2. The first-order valence-electron chi connectivity index (χ1n) is 8.50. The predicted molar refractivity (Wildman–Crippen MR) is 106 cm³/mol. The molecule has 7 nitrogen and oxygen atoms in total. The lowest BCUT2D eigenvalue weighted by molar-refractivity contribution is -0.113. The number of thioether (sulfide) groups is 1. The van der Waals surface area contributed by atoms with Crippen LogP contribution < -0.4 is 10.1 Å². The lowest BCUT2D eigenvalue weighted by atomic mass is 10.0. The maximum atomic E-state index is 12.2. The van der Waals surface area contributed by atoms with E-state index in [1.54, 1.807) is 31.8 Å². The Kier molecular flexibility index (Phi) is 6.08. The van der Waals surface area contributed by atoms with Gasteiger partial charge in [-0.25, -0.2) is 4.98 Å². The van der Waals surface area contributed by atoms with Gasteiger partial charge in [-0.3, -0.25) is 9.36 Å². The lowest BCUT2D eigenvalue weighted by Crippen LogP contribution is -2.14. The van der Waals surface area contributed by atoms with Crippen LogP contribution >= 0.6 is 11.8 Å². The number of amides is 1. The van der Waals surface area contributed by atoms with Gasteiger partial charge in [-0.1, -0.05) is 37.7 Å². The second-order valence-corrected chi connectivity index (χ2v) is 7.10. The zero-order chi connectivity index (χ0) is 19.2. The third kappa shape index (κ3) is 4.85. The van der Waals surface area contributed by atoms with Gasteiger partial charge in [0.2, 0.25) is 11.8 Å². The Bertz CT molecular complexity index is 891. The number of rotatable bonds is 7. The third-order valence-corrected chi connectivity index (χ3v) is 4.86. The van der Waals surface area contributed by atoms with E-state index in [1.165, 1.54) is 17.3 Å². The summed E-state index contributed by atoms with van der Waals surface area (Å²) >= 11 is 1.33. The first-order valence-corrected chi connectivity index (χ1v) is 9.48. The van der Waals surface area contributed by atoms with E-state index < -0.39 is 0 Å². The van der Waals surface area contributed by atoms with Crippen molar-refractivity contribution in [1.82, 2.24) is 19.7 Å². The van der Waals surface area contributed by atoms with Gasteiger partial charge in [-0.2, -0.15) is 0 Å². The molecular weight excluding hydrogens is 362 g/mol. The second kappa shape index (κ2) is 8.68. The van der Waals surface area contributed by atoms with Crippen LogP contribution in [-0.2, 0) is 4.79 Å². The van der Waals surface area contributed by atoms with Gasteiger partial charge in [0.05, 0.1) is 24.7 Å². The van der Waals surface area contributed by atoms with Crippen molar-refractivity contribution in [3.05, 3.63) is 54.5 Å². The van der Waals surface area contributed by atoms with Crippen LogP contribution in [0.25, 0.3) is 5.69 Å². The smallest absolute Gasteiger partial charge is 0.234 e. The average molecular weight is 383 g/mol. The molecule has 0 saturated heterocycles. The molecule has 2 heterocycles. The Hall–Kier alpha value is -2.87. The van der Waals surface area contributed by atoms with Crippen LogP contribution in [0.2, 0.25) is 0 Å². The van der Waals surface area contributed by atoms with Gasteiger partial charge in [0, 0.05) is 11.8 Å². The number of methoxy groups -OCH3 is 1. The molecule has 0 fully saturated rings. The number of pyridine rings is 1. The van der Waals surface area contributed by atoms with E-state index in [2.05, 4.69) is 46.5 Å². The Morgan fingerprint density at radius 2 is 2.00 bits per heavy atom. The molecular formula is C19H21N5O2S. The van der Waals surface area contributed by atoms with Crippen molar-refractivity contribution >= 4 is 23.4 Å². The molecule has 0 unspecified atom stereocenters. The van der Waals surface area contributed by atoms with Gasteiger partial charge in [0.15, 0.2) is 5.16 Å². The molecule has 0 spiro atoms. The van der Waals surface area contributed by atoms with E-state index in [0.717, 1.165) is 5.69 Å². The molecule has 3 aromatic rings. The molecule has 0 aliphatic heterocycles. The highest BCUT2D eigenvalue weighted by molar-refractivity contribution is 7.99. The number of anilines is 1. The first kappa shape index (κ1) is 18.9. The number of benzene rings is 1. The summed E-state index contributed by atoms with van der Waals surface area (Å²) < 4.78 is 6.87. The Morgan fingerprint density at radius 1 is 1.22 bits per heavy atom. The van der Waals surface area contributed by atoms with Crippen LogP contribution in [0.4, 0.5) is 5.69 Å². The van der Waals surface area contributed by atoms with Crippen molar-refractivity contribution in [2.24, 2.45) is 0 Å². The molecule has 0 aliphatic carbocycles. The Labute approximate surface area is 162 Å². The predicted octanol–water partition coefficient (Wildman–Crippen LogP) is 3.53. The summed E-state index contributed by atoms with van der Waals surface area (Å²) in [6.45, 7) is 4.32. The highest BCUT2D eigenvalue weighted by Crippen LogP contribution is 2.22. The number of nitrogens with one attached hydrogen (secondary N) is 1. The van der Waals surface area contributed by atoms with Crippen molar-refractivity contribution in [3.8, 4) is 11.6 Å². The topological polar surface area (TPSA) is 81.9 Å². The van der Waals surface area contributed by atoms with Crippen molar-refractivity contribution in [2.45, 2.75) is 24.9 Å². The van der Waals surface area contributed by atoms with Crippen LogP contribution in [0.3, 0.4) is 0 Å². The van der Waals surface area contributed by atoms with Gasteiger partial charge in [-0.05, 0) is 29.7 Å². The van der Waals surface area contributed by atoms with Crippen LogP contribution in [0, 0.1) is 0 Å². The summed E-state index contributed by atoms with van der Waals surface area (Å²) in [5.41, 5.74) is 2.85. The number of hydrogen-bond acceptors (Lipinski definition) is 6. The summed E-state index contributed by atoms with van der Waals surface area (Å²) in [5, 5.41) is 11.6. The van der Waals surface area contributed by atoms with E-state index in [4.69, 9.17) is 4.74 Å². The van der Waals surface area contributed by atoms with Crippen LogP contribution in [0.5, 0.6) is 5.88 Å². The fraction of sp³-hybridized carbons (Fsp3) is 0.263. The van der Waals surface area contributed by atoms with E-state index in [0.29, 0.717) is 22.6 Å². The summed E-state index contributed by atoms with van der Waals surface area (Å²) in [6, 6.07) is 11.7. The van der Waals surface area contributed by atoms with Gasteiger partial charge >= 0.3 is 0 Å². The summed E-state index contributed by atoms with van der Waals surface area (Å²) in [6.07, 6.45) is 3.21. The quantitative estimate of drug-likeness (QED) is 0.629. The first-order chi connectivity index (χ1) is 13.1. The van der Waals surface area contributed by atoms with Crippen LogP contribution in [0.15, 0.2) is 54.1 Å². The summed E-state index contributed by atoms with van der Waals surface area (Å²) in [5.74, 6) is 1.05. The van der Waals surface area contributed by atoms with Crippen molar-refractivity contribution in [1.29, 1.82) is 0 Å². The molecule has 0 radical (unpaired) electrons. The van der Waals surface area contributed by atoms with Gasteiger partial charge in [-0.15, -0.1) is 10.2 Å². The number of hydrogen-bond donors (Lipinski definition) is 1. The SMILES string of the molecule is COc1ccc(NC(=O)CSc2nncn2-c2ccc(C(C)C)cc2)cn1. The molecule has 27 heavy (non-hydrogen) atoms. The molecule has 2 aromatic heterocycles. The number of aromatic nitrogens is 4. The van der Waals surface area contributed by atoms with Gasteiger partial charge < -0.3 is 10.1 Å². The normalized spacial score (nSPS) is 10.8. The van der Waals surface area contributed by atoms with Crippen molar-refractivity contribution in [3.63, 3.8) is 0 Å². The average Bonchev–Trinajstić information content (AvgIpc) is 3.15. The lowest BCUT2D eigenvalue weighted by Gasteiger charge is -2.09. The fourth-order valence-electron chi connectivity index (χ4n) is 2.42. The molecule has 1 amide bonds. The second-order valence-electron chi connectivity index (χ2n) is 6.16. The van der Waals surface area contributed by atoms with E-state index in [1.807, 2.05) is 16.7 Å². The number of ether oxygens (including phenoxy) is 1. The molecule has 1 aromatic carbocycles.